The molecule has 0 spiro atoms. The van der Waals surface area contributed by atoms with Crippen LogP contribution in [-0.4, -0.2) is 96.7 Å². The minimum absolute atomic E-state index is 0.108. The molecule has 0 aliphatic carbocycles. The lowest BCUT2D eigenvalue weighted by molar-refractivity contribution is -0.161. The largest absolute Gasteiger partial charge is 0.472 e. The summed E-state index contributed by atoms with van der Waals surface area (Å²) >= 11 is 0. The number of aliphatic hydroxyl groups is 1. The Balaban J connectivity index is 5.23. The molecule has 0 rings (SSSR count). The normalized spacial score (nSPS) is 13.7. The fraction of sp³-hybridized carbons (Fsp3) is 0.956. The summed E-state index contributed by atoms with van der Waals surface area (Å²) < 4.78 is 69.1. The van der Waals surface area contributed by atoms with Crippen LogP contribution in [0.2, 0.25) is 0 Å². The van der Waals surface area contributed by atoms with Gasteiger partial charge in [-0.25, -0.2) is 9.13 Å². The van der Waals surface area contributed by atoms with E-state index < -0.39 is 97.5 Å². The van der Waals surface area contributed by atoms with Gasteiger partial charge < -0.3 is 33.8 Å². The van der Waals surface area contributed by atoms with Crippen molar-refractivity contribution in [1.29, 1.82) is 0 Å². The Kier molecular flexibility index (Phi) is 80.7. The molecule has 0 aliphatic rings. The van der Waals surface area contributed by atoms with Crippen molar-refractivity contribution in [3.05, 3.63) is 0 Å². The first-order chi connectivity index (χ1) is 53.4. The maximum absolute atomic E-state index is 13.2. The van der Waals surface area contributed by atoms with Gasteiger partial charge in [0.25, 0.3) is 0 Å². The summed E-state index contributed by atoms with van der Waals surface area (Å²) in [5, 5.41) is 10.7. The summed E-state index contributed by atoms with van der Waals surface area (Å²) in [5.74, 6) is -0.562. The summed E-state index contributed by atoms with van der Waals surface area (Å²) in [7, 11) is -9.94. The molecule has 0 bridgehead atoms. The minimum Gasteiger partial charge on any atom is -0.462 e. The first-order valence-corrected chi connectivity index (χ1v) is 50.0. The standard InChI is InChI=1S/C91H178O17P2/c1-7-9-11-13-15-17-19-21-23-25-27-29-31-36-40-44-48-55-61-67-73-88(93)101-79-86(107-90(95)75-69-63-57-49-45-41-37-32-30-28-26-24-22-20-18-16-14-12-10-8-2)81-105-109(97,98)103-77-85(92)78-104-110(99,100)106-82-87(80-102-89(94)74-68-62-56-52-51-54-60-66-72-84(5)6)108-91(96)76-70-64-58-50-46-42-38-34-33-35-39-43-47-53-59-65-71-83(3)4/h83-87,92H,7-82H2,1-6H3,(H,97,98)(H,99,100)/t85-,86-,87-/m1/s1. The van der Waals surface area contributed by atoms with Crippen molar-refractivity contribution in [1.82, 2.24) is 0 Å². The van der Waals surface area contributed by atoms with Crippen LogP contribution in [0.4, 0.5) is 0 Å². The molecule has 19 heteroatoms. The van der Waals surface area contributed by atoms with Crippen LogP contribution in [0.25, 0.3) is 0 Å². The molecule has 0 aromatic carbocycles. The predicted octanol–water partition coefficient (Wildman–Crippen LogP) is 28.2. The Morgan fingerprint density at radius 1 is 0.245 bits per heavy atom. The number of unbranched alkanes of at least 4 members (excludes halogenated alkanes) is 60. The van der Waals surface area contributed by atoms with E-state index in [2.05, 4.69) is 41.5 Å². The SMILES string of the molecule is CCCCCCCCCCCCCCCCCCCCCCC(=O)OC[C@H](COP(=O)(O)OC[C@@H](O)COP(=O)(O)OC[C@@H](COC(=O)CCCCCCCCCCC(C)C)OC(=O)CCCCCCCCCCCCCCCCCCC(C)C)OC(=O)CCCCCCCCCCCCCCCCCCCCCC. The molecule has 110 heavy (non-hydrogen) atoms. The molecular weight excluding hydrogens is 1430 g/mol. The number of rotatable bonds is 90. The number of phosphoric acid groups is 2. The van der Waals surface area contributed by atoms with Crippen molar-refractivity contribution in [2.45, 2.75) is 509 Å². The van der Waals surface area contributed by atoms with Crippen LogP contribution in [0.1, 0.15) is 491 Å². The van der Waals surface area contributed by atoms with Crippen molar-refractivity contribution < 1.29 is 80.2 Å². The highest BCUT2D eigenvalue weighted by Crippen LogP contribution is 2.45. The monoisotopic (exact) mass is 1610 g/mol. The number of hydrogen-bond donors (Lipinski definition) is 3. The lowest BCUT2D eigenvalue weighted by Crippen LogP contribution is -2.30. The lowest BCUT2D eigenvalue weighted by atomic mass is 10.0. The van der Waals surface area contributed by atoms with Gasteiger partial charge in [-0.1, -0.05) is 440 Å². The van der Waals surface area contributed by atoms with Gasteiger partial charge in [0.05, 0.1) is 26.4 Å². The Hall–Kier alpha value is -1.94. The van der Waals surface area contributed by atoms with Crippen LogP contribution < -0.4 is 0 Å². The summed E-state index contributed by atoms with van der Waals surface area (Å²) in [6.07, 6.45) is 76.6. The van der Waals surface area contributed by atoms with Crippen molar-refractivity contribution in [2.24, 2.45) is 11.8 Å². The average Bonchev–Trinajstić information content (AvgIpc) is 0.895. The van der Waals surface area contributed by atoms with Crippen molar-refractivity contribution in [3.63, 3.8) is 0 Å². The molecule has 0 radical (unpaired) electrons. The molecule has 0 amide bonds. The Bertz CT molecular complexity index is 2100. The fourth-order valence-electron chi connectivity index (χ4n) is 14.3. The van der Waals surface area contributed by atoms with E-state index in [0.717, 1.165) is 102 Å². The summed E-state index contributed by atoms with van der Waals surface area (Å²) in [4.78, 5) is 73.4. The second-order valence-corrected chi connectivity index (χ2v) is 36.6. The topological polar surface area (TPSA) is 237 Å². The second kappa shape index (κ2) is 82.2. The number of phosphoric ester groups is 2. The Morgan fingerprint density at radius 2 is 0.418 bits per heavy atom. The van der Waals surface area contributed by atoms with E-state index in [1.54, 1.807) is 0 Å². The van der Waals surface area contributed by atoms with Gasteiger partial charge in [-0.15, -0.1) is 0 Å². The van der Waals surface area contributed by atoms with Crippen LogP contribution in [0, 0.1) is 11.8 Å². The van der Waals surface area contributed by atoms with E-state index in [9.17, 15) is 43.2 Å². The van der Waals surface area contributed by atoms with Gasteiger partial charge in [0.1, 0.15) is 19.3 Å². The maximum atomic E-state index is 13.2. The van der Waals surface area contributed by atoms with Crippen molar-refractivity contribution in [3.8, 4) is 0 Å². The smallest absolute Gasteiger partial charge is 0.462 e. The average molecular weight is 1610 g/mol. The van der Waals surface area contributed by atoms with Gasteiger partial charge in [0.15, 0.2) is 12.2 Å². The summed E-state index contributed by atoms with van der Waals surface area (Å²) in [6.45, 7) is 9.70. The third-order valence-electron chi connectivity index (χ3n) is 21.5. The Morgan fingerprint density at radius 3 is 0.618 bits per heavy atom. The molecule has 17 nitrogen and oxygen atoms in total. The number of carbonyl (C=O) groups is 4. The number of carbonyl (C=O) groups excluding carboxylic acids is 4. The molecule has 0 heterocycles. The zero-order chi connectivity index (χ0) is 80.6. The first-order valence-electron chi connectivity index (χ1n) is 47.0. The Labute approximate surface area is 677 Å². The van der Waals surface area contributed by atoms with Crippen LogP contribution in [0.3, 0.4) is 0 Å². The zero-order valence-electron chi connectivity index (χ0n) is 72.6. The third-order valence-corrected chi connectivity index (χ3v) is 23.4. The number of esters is 4. The number of ether oxygens (including phenoxy) is 4. The van der Waals surface area contributed by atoms with E-state index in [0.29, 0.717) is 25.7 Å². The molecular formula is C91H178O17P2. The van der Waals surface area contributed by atoms with Gasteiger partial charge in [-0.05, 0) is 37.5 Å². The van der Waals surface area contributed by atoms with Crippen molar-refractivity contribution in [2.75, 3.05) is 39.6 Å². The molecule has 3 N–H and O–H groups in total. The second-order valence-electron chi connectivity index (χ2n) is 33.6. The van der Waals surface area contributed by atoms with E-state index in [1.807, 2.05) is 0 Å². The van der Waals surface area contributed by atoms with Crippen LogP contribution >= 0.6 is 15.6 Å². The van der Waals surface area contributed by atoms with Crippen LogP contribution in [0.5, 0.6) is 0 Å². The van der Waals surface area contributed by atoms with Crippen LogP contribution in [-0.2, 0) is 65.4 Å². The number of aliphatic hydroxyl groups excluding tert-OH is 1. The molecule has 0 fully saturated rings. The van der Waals surface area contributed by atoms with E-state index >= 15 is 0 Å². The highest BCUT2D eigenvalue weighted by molar-refractivity contribution is 7.47. The van der Waals surface area contributed by atoms with E-state index in [1.165, 1.54) is 308 Å². The molecule has 0 aliphatic heterocycles. The molecule has 2 unspecified atom stereocenters. The molecule has 654 valence electrons. The van der Waals surface area contributed by atoms with Gasteiger partial charge >= 0.3 is 39.5 Å². The van der Waals surface area contributed by atoms with Gasteiger partial charge in [-0.3, -0.25) is 37.3 Å². The highest BCUT2D eigenvalue weighted by Gasteiger charge is 2.31. The van der Waals surface area contributed by atoms with E-state index in [4.69, 9.17) is 37.0 Å². The third kappa shape index (κ3) is 84.0. The van der Waals surface area contributed by atoms with Crippen LogP contribution in [0.15, 0.2) is 0 Å². The summed E-state index contributed by atoms with van der Waals surface area (Å²) in [6, 6.07) is 0. The zero-order valence-corrected chi connectivity index (χ0v) is 74.4. The van der Waals surface area contributed by atoms with E-state index in [-0.39, 0.29) is 25.7 Å². The minimum atomic E-state index is -4.97. The first kappa shape index (κ1) is 108. The van der Waals surface area contributed by atoms with Crippen molar-refractivity contribution >= 4 is 39.5 Å². The maximum Gasteiger partial charge on any atom is 0.472 e. The summed E-state index contributed by atoms with van der Waals surface area (Å²) in [5.41, 5.74) is 0. The molecule has 0 aromatic rings. The number of hydrogen-bond acceptors (Lipinski definition) is 15. The molecule has 0 aromatic heterocycles. The molecule has 0 saturated carbocycles. The molecule has 5 atom stereocenters. The quantitative estimate of drug-likeness (QED) is 0.0222. The molecule has 0 saturated heterocycles. The lowest BCUT2D eigenvalue weighted by Gasteiger charge is -2.21. The predicted molar refractivity (Wildman–Crippen MR) is 455 cm³/mol. The highest BCUT2D eigenvalue weighted by atomic mass is 31.2. The van der Waals surface area contributed by atoms with Gasteiger partial charge in [0, 0.05) is 25.7 Å². The van der Waals surface area contributed by atoms with Gasteiger partial charge in [-0.2, -0.15) is 0 Å². The van der Waals surface area contributed by atoms with Gasteiger partial charge in [0.2, 0.25) is 0 Å². The fourth-order valence-corrected chi connectivity index (χ4v) is 15.9.